The van der Waals surface area contributed by atoms with Crippen molar-refractivity contribution in [3.05, 3.63) is 123 Å². The van der Waals surface area contributed by atoms with Gasteiger partial charge in [0.2, 0.25) is 0 Å². The van der Waals surface area contributed by atoms with Crippen molar-refractivity contribution in [3.63, 3.8) is 0 Å². The highest BCUT2D eigenvalue weighted by Crippen LogP contribution is 2.31. The van der Waals surface area contributed by atoms with E-state index in [4.69, 9.17) is 23.2 Å². The van der Waals surface area contributed by atoms with Crippen molar-refractivity contribution in [3.8, 4) is 0 Å². The van der Waals surface area contributed by atoms with Crippen LogP contribution in [0.15, 0.2) is 95.9 Å². The second-order valence-corrected chi connectivity index (χ2v) is 12.9. The van der Waals surface area contributed by atoms with Gasteiger partial charge in [0.25, 0.3) is 15.9 Å². The number of halogens is 2. The molecule has 0 spiro atoms. The van der Waals surface area contributed by atoms with Crippen molar-refractivity contribution in [2.75, 3.05) is 35.4 Å². The maximum Gasteiger partial charge on any atom is 0.264 e. The molecule has 9 heteroatoms. The molecule has 4 aromatic rings. The average Bonchev–Trinajstić information content (AvgIpc) is 2.98. The normalized spacial score (nSPS) is 13.8. The van der Waals surface area contributed by atoms with Gasteiger partial charge in [-0.05, 0) is 73.5 Å². The van der Waals surface area contributed by atoms with Gasteiger partial charge in [-0.1, -0.05) is 71.2 Å². The van der Waals surface area contributed by atoms with Crippen LogP contribution >= 0.6 is 23.2 Å². The number of rotatable bonds is 7. The SMILES string of the molecule is Cc1ccc(S(=O)(=O)N(Cc2ccc(Cl)cc2)c2ccccc2C(=O)N2CCN(c3cc(Cl)ccc3C)CC2)cc1. The van der Waals surface area contributed by atoms with Gasteiger partial charge >= 0.3 is 0 Å². The second-order valence-electron chi connectivity index (χ2n) is 10.2. The summed E-state index contributed by atoms with van der Waals surface area (Å²) >= 11 is 12.3. The molecule has 41 heavy (non-hydrogen) atoms. The number of hydrogen-bond acceptors (Lipinski definition) is 4. The van der Waals surface area contributed by atoms with Crippen LogP contribution in [0.1, 0.15) is 27.0 Å². The van der Waals surface area contributed by atoms with Crippen LogP contribution in [-0.2, 0) is 16.6 Å². The molecule has 0 aliphatic carbocycles. The monoisotopic (exact) mass is 607 g/mol. The summed E-state index contributed by atoms with van der Waals surface area (Å²) in [6, 6.07) is 26.5. The number of benzene rings is 4. The first-order valence-electron chi connectivity index (χ1n) is 13.4. The smallest absolute Gasteiger partial charge is 0.264 e. The summed E-state index contributed by atoms with van der Waals surface area (Å²) in [5.74, 6) is -0.205. The first kappa shape index (κ1) is 29.0. The Hall–Kier alpha value is -3.52. The van der Waals surface area contributed by atoms with Crippen LogP contribution in [0.25, 0.3) is 0 Å². The van der Waals surface area contributed by atoms with E-state index in [2.05, 4.69) is 4.90 Å². The summed E-state index contributed by atoms with van der Waals surface area (Å²) in [7, 11) is -4.01. The third kappa shape index (κ3) is 6.38. The lowest BCUT2D eigenvalue weighted by Crippen LogP contribution is -2.49. The molecule has 212 valence electrons. The van der Waals surface area contributed by atoms with Crippen LogP contribution in [-0.4, -0.2) is 45.4 Å². The van der Waals surface area contributed by atoms with E-state index in [0.717, 1.165) is 22.4 Å². The number of para-hydroxylation sites is 1. The van der Waals surface area contributed by atoms with Gasteiger partial charge in [0.05, 0.1) is 22.7 Å². The molecule has 0 saturated carbocycles. The number of sulfonamides is 1. The number of hydrogen-bond donors (Lipinski definition) is 0. The zero-order valence-electron chi connectivity index (χ0n) is 22.9. The molecule has 6 nitrogen and oxygen atoms in total. The zero-order chi connectivity index (χ0) is 29.1. The quantitative estimate of drug-likeness (QED) is 0.228. The maximum atomic E-state index is 14.1. The lowest BCUT2D eigenvalue weighted by Gasteiger charge is -2.37. The molecule has 0 atom stereocenters. The minimum Gasteiger partial charge on any atom is -0.368 e. The topological polar surface area (TPSA) is 60.9 Å². The molecule has 0 N–H and O–H groups in total. The van der Waals surface area contributed by atoms with E-state index >= 15 is 0 Å². The van der Waals surface area contributed by atoms with E-state index in [-0.39, 0.29) is 17.3 Å². The summed E-state index contributed by atoms with van der Waals surface area (Å²) in [5.41, 5.74) is 4.56. The largest absolute Gasteiger partial charge is 0.368 e. The third-order valence-electron chi connectivity index (χ3n) is 7.33. The summed E-state index contributed by atoms with van der Waals surface area (Å²) in [4.78, 5) is 18.1. The van der Waals surface area contributed by atoms with Gasteiger partial charge < -0.3 is 9.80 Å². The van der Waals surface area contributed by atoms with E-state index in [1.807, 2.05) is 32.0 Å². The van der Waals surface area contributed by atoms with E-state index in [9.17, 15) is 13.2 Å². The molecule has 0 aromatic heterocycles. The van der Waals surface area contributed by atoms with Gasteiger partial charge in [-0.15, -0.1) is 0 Å². The van der Waals surface area contributed by atoms with Gasteiger partial charge in [0.15, 0.2) is 0 Å². The highest BCUT2D eigenvalue weighted by Gasteiger charge is 2.31. The van der Waals surface area contributed by atoms with Gasteiger partial charge in [0, 0.05) is 41.9 Å². The fraction of sp³-hybridized carbons (Fsp3) is 0.219. The lowest BCUT2D eigenvalue weighted by atomic mass is 10.1. The van der Waals surface area contributed by atoms with Crippen molar-refractivity contribution in [1.82, 2.24) is 4.90 Å². The van der Waals surface area contributed by atoms with Crippen molar-refractivity contribution >= 4 is 50.5 Å². The predicted molar refractivity (Wildman–Crippen MR) is 167 cm³/mol. The average molecular weight is 609 g/mol. The first-order chi connectivity index (χ1) is 19.6. The standard InChI is InChI=1S/C32H31Cl2N3O3S/c1-23-7-15-28(16-8-23)41(39,40)37(22-25-10-13-26(33)14-11-25)30-6-4-3-5-29(30)32(38)36-19-17-35(18-20-36)31-21-27(34)12-9-24(31)2/h3-16,21H,17-20,22H2,1-2H3. The van der Waals surface area contributed by atoms with Crippen LogP contribution in [0.3, 0.4) is 0 Å². The summed E-state index contributed by atoms with van der Waals surface area (Å²) in [5, 5.41) is 1.23. The Morgan fingerprint density at radius 3 is 2.12 bits per heavy atom. The Kier molecular flexibility index (Phi) is 8.59. The minimum absolute atomic E-state index is 0.0412. The van der Waals surface area contributed by atoms with Crippen molar-refractivity contribution < 1.29 is 13.2 Å². The van der Waals surface area contributed by atoms with Gasteiger partial charge in [-0.3, -0.25) is 9.10 Å². The number of nitrogens with zero attached hydrogens (tertiary/aromatic N) is 3. The molecule has 1 fully saturated rings. The number of piperazine rings is 1. The minimum atomic E-state index is -4.01. The van der Waals surface area contributed by atoms with Crippen LogP contribution in [0, 0.1) is 13.8 Å². The molecular weight excluding hydrogens is 577 g/mol. The van der Waals surface area contributed by atoms with Crippen LogP contribution in [0.5, 0.6) is 0 Å². The van der Waals surface area contributed by atoms with E-state index in [1.54, 1.807) is 77.7 Å². The molecule has 5 rings (SSSR count). The van der Waals surface area contributed by atoms with Crippen LogP contribution < -0.4 is 9.21 Å². The Morgan fingerprint density at radius 1 is 0.805 bits per heavy atom. The van der Waals surface area contributed by atoms with Crippen molar-refractivity contribution in [2.45, 2.75) is 25.3 Å². The predicted octanol–water partition coefficient (Wildman–Crippen LogP) is 6.97. The van der Waals surface area contributed by atoms with E-state index in [0.29, 0.717) is 47.5 Å². The number of carbonyl (C=O) groups excluding carboxylic acids is 1. The number of amides is 1. The van der Waals surface area contributed by atoms with E-state index < -0.39 is 10.0 Å². The highest BCUT2D eigenvalue weighted by molar-refractivity contribution is 7.92. The Balaban J connectivity index is 1.46. The first-order valence-corrected chi connectivity index (χ1v) is 15.6. The molecule has 1 amide bonds. The Bertz CT molecular complexity index is 1650. The van der Waals surface area contributed by atoms with Gasteiger partial charge in [0.1, 0.15) is 0 Å². The molecule has 0 bridgehead atoms. The fourth-order valence-electron chi connectivity index (χ4n) is 5.01. The summed E-state index contributed by atoms with van der Waals surface area (Å²) in [6.07, 6.45) is 0. The molecule has 1 aliphatic heterocycles. The number of aryl methyl sites for hydroxylation is 2. The molecule has 1 heterocycles. The third-order valence-corrected chi connectivity index (χ3v) is 9.59. The maximum absolute atomic E-state index is 14.1. The second kappa shape index (κ2) is 12.1. The molecule has 1 saturated heterocycles. The van der Waals surface area contributed by atoms with Gasteiger partial charge in [-0.25, -0.2) is 8.42 Å². The van der Waals surface area contributed by atoms with Crippen molar-refractivity contribution in [2.24, 2.45) is 0 Å². The van der Waals surface area contributed by atoms with Crippen molar-refractivity contribution in [1.29, 1.82) is 0 Å². The van der Waals surface area contributed by atoms with Crippen LogP contribution in [0.4, 0.5) is 11.4 Å². The molecule has 0 radical (unpaired) electrons. The highest BCUT2D eigenvalue weighted by atomic mass is 35.5. The molecule has 4 aromatic carbocycles. The van der Waals surface area contributed by atoms with Crippen LogP contribution in [0.2, 0.25) is 10.0 Å². The molecular formula is C32H31Cl2N3O3S. The van der Waals surface area contributed by atoms with Gasteiger partial charge in [-0.2, -0.15) is 0 Å². The fourth-order valence-corrected chi connectivity index (χ4v) is 6.77. The lowest BCUT2D eigenvalue weighted by molar-refractivity contribution is 0.0747. The molecule has 1 aliphatic rings. The zero-order valence-corrected chi connectivity index (χ0v) is 25.3. The Morgan fingerprint density at radius 2 is 1.44 bits per heavy atom. The van der Waals surface area contributed by atoms with E-state index in [1.165, 1.54) is 4.31 Å². The summed E-state index contributed by atoms with van der Waals surface area (Å²) in [6.45, 7) is 6.28. The number of anilines is 2. The number of carbonyl (C=O) groups is 1. The summed E-state index contributed by atoms with van der Waals surface area (Å²) < 4.78 is 29.5. The Labute approximate surface area is 251 Å². The molecule has 0 unspecified atom stereocenters.